The molecule has 1 heterocycles. The SMILES string of the molecule is Cc1cc(C)c(CN2C(=O)[C@@H](NC(=O)OCC3c4ccccc4-c4ccccc43)CSc3ccc(C(N)=O)cc32)c(C)c1. The second-order valence-electron chi connectivity index (χ2n) is 11.2. The van der Waals surface area contributed by atoms with Gasteiger partial charge in [0.2, 0.25) is 5.91 Å². The molecule has 0 saturated heterocycles. The Hall–Kier alpha value is -4.56. The monoisotopic (exact) mass is 591 g/mol. The van der Waals surface area contributed by atoms with Gasteiger partial charge in [-0.05, 0) is 77.9 Å². The number of amides is 3. The number of hydrogen-bond acceptors (Lipinski definition) is 5. The van der Waals surface area contributed by atoms with Gasteiger partial charge < -0.3 is 20.7 Å². The number of aryl methyl sites for hydroxylation is 3. The lowest BCUT2D eigenvalue weighted by atomic mass is 9.98. The van der Waals surface area contributed by atoms with Crippen LogP contribution in [-0.2, 0) is 16.1 Å². The smallest absolute Gasteiger partial charge is 0.407 e. The molecule has 0 radical (unpaired) electrons. The third-order valence-corrected chi connectivity index (χ3v) is 9.45. The fraction of sp³-hybridized carbons (Fsp3) is 0.229. The Bertz CT molecular complexity index is 1700. The fourth-order valence-corrected chi connectivity index (χ4v) is 7.27. The number of nitrogens with two attached hydrogens (primary N) is 1. The van der Waals surface area contributed by atoms with Gasteiger partial charge in [-0.2, -0.15) is 0 Å². The van der Waals surface area contributed by atoms with E-state index in [-0.39, 0.29) is 25.0 Å². The van der Waals surface area contributed by atoms with E-state index in [2.05, 4.69) is 41.7 Å². The number of nitrogens with one attached hydrogen (secondary N) is 1. The number of primary amides is 1. The predicted molar refractivity (Wildman–Crippen MR) is 170 cm³/mol. The second kappa shape index (κ2) is 11.6. The number of anilines is 1. The molecule has 0 aromatic heterocycles. The molecule has 1 aliphatic carbocycles. The number of benzene rings is 4. The van der Waals surface area contributed by atoms with Crippen molar-refractivity contribution in [2.75, 3.05) is 17.3 Å². The van der Waals surface area contributed by atoms with Crippen molar-refractivity contribution in [1.29, 1.82) is 0 Å². The highest BCUT2D eigenvalue weighted by molar-refractivity contribution is 7.99. The summed E-state index contributed by atoms with van der Waals surface area (Å²) in [4.78, 5) is 41.9. The summed E-state index contributed by atoms with van der Waals surface area (Å²) in [5.74, 6) is -0.618. The van der Waals surface area contributed by atoms with E-state index in [1.807, 2.05) is 51.1 Å². The molecule has 3 amide bonds. The molecule has 218 valence electrons. The van der Waals surface area contributed by atoms with E-state index < -0.39 is 18.0 Å². The van der Waals surface area contributed by atoms with Gasteiger partial charge in [-0.3, -0.25) is 9.59 Å². The molecule has 6 rings (SSSR count). The van der Waals surface area contributed by atoms with E-state index in [1.165, 1.54) is 11.8 Å². The number of thioether (sulfide) groups is 1. The van der Waals surface area contributed by atoms with Gasteiger partial charge in [0.1, 0.15) is 12.6 Å². The van der Waals surface area contributed by atoms with Crippen LogP contribution in [0, 0.1) is 20.8 Å². The summed E-state index contributed by atoms with van der Waals surface area (Å²) in [6, 6.07) is 24.8. The lowest BCUT2D eigenvalue weighted by Crippen LogP contribution is -2.49. The van der Waals surface area contributed by atoms with Crippen LogP contribution in [0.3, 0.4) is 0 Å². The number of carbonyl (C=O) groups excluding carboxylic acids is 3. The van der Waals surface area contributed by atoms with E-state index in [0.717, 1.165) is 49.4 Å². The van der Waals surface area contributed by atoms with Gasteiger partial charge in [0.15, 0.2) is 0 Å². The Kier molecular flexibility index (Phi) is 7.71. The van der Waals surface area contributed by atoms with Crippen molar-refractivity contribution < 1.29 is 19.1 Å². The number of ether oxygens (including phenoxy) is 1. The van der Waals surface area contributed by atoms with Crippen LogP contribution in [-0.4, -0.2) is 36.3 Å². The van der Waals surface area contributed by atoms with E-state index in [1.54, 1.807) is 17.0 Å². The third kappa shape index (κ3) is 5.50. The average molecular weight is 592 g/mol. The minimum Gasteiger partial charge on any atom is -0.449 e. The number of hydrogen-bond donors (Lipinski definition) is 2. The molecule has 0 saturated carbocycles. The molecule has 4 aromatic carbocycles. The van der Waals surface area contributed by atoms with Crippen LogP contribution in [0.2, 0.25) is 0 Å². The topological polar surface area (TPSA) is 102 Å². The van der Waals surface area contributed by atoms with Crippen molar-refractivity contribution in [3.05, 3.63) is 118 Å². The maximum atomic E-state index is 14.1. The summed E-state index contributed by atoms with van der Waals surface area (Å²) >= 11 is 1.45. The Balaban J connectivity index is 1.24. The zero-order chi connectivity index (χ0) is 30.2. The van der Waals surface area contributed by atoms with Crippen molar-refractivity contribution >= 4 is 35.4 Å². The first-order valence-electron chi connectivity index (χ1n) is 14.3. The first-order chi connectivity index (χ1) is 20.7. The van der Waals surface area contributed by atoms with Crippen LogP contribution in [0.1, 0.15) is 49.7 Å². The summed E-state index contributed by atoms with van der Waals surface area (Å²) in [6.07, 6.45) is -0.646. The van der Waals surface area contributed by atoms with E-state index in [0.29, 0.717) is 17.0 Å². The standard InChI is InChI=1S/C35H33N3O4S/c1-20-14-21(2)28(22(3)15-20)17-38-31-16-23(33(36)39)12-13-32(31)43-19-30(34(38)40)37-35(41)42-18-29-26-10-6-4-8-24(26)25-9-5-7-11-27(25)29/h4-16,29-30H,17-19H2,1-3H3,(H2,36,39)(H,37,41)/t30-/m0/s1. The molecule has 0 spiro atoms. The van der Waals surface area contributed by atoms with Crippen molar-refractivity contribution in [2.24, 2.45) is 5.73 Å². The Morgan fingerprint density at radius 2 is 1.56 bits per heavy atom. The largest absolute Gasteiger partial charge is 0.449 e. The molecule has 4 aromatic rings. The minimum atomic E-state index is -0.837. The highest BCUT2D eigenvalue weighted by Gasteiger charge is 2.34. The summed E-state index contributed by atoms with van der Waals surface area (Å²) in [6.45, 7) is 6.54. The van der Waals surface area contributed by atoms with Crippen molar-refractivity contribution in [1.82, 2.24) is 5.32 Å². The summed E-state index contributed by atoms with van der Waals surface area (Å²) in [5, 5.41) is 2.84. The van der Waals surface area contributed by atoms with Crippen molar-refractivity contribution in [3.63, 3.8) is 0 Å². The highest BCUT2D eigenvalue weighted by Crippen LogP contribution is 2.44. The van der Waals surface area contributed by atoms with Crippen LogP contribution in [0.4, 0.5) is 10.5 Å². The molecule has 3 N–H and O–H groups in total. The number of alkyl carbamates (subject to hydrolysis) is 1. The van der Waals surface area contributed by atoms with Gasteiger partial charge in [0, 0.05) is 22.1 Å². The molecule has 1 atom stereocenters. The van der Waals surface area contributed by atoms with Gasteiger partial charge >= 0.3 is 6.09 Å². The molecule has 7 nitrogen and oxygen atoms in total. The number of carbonyl (C=O) groups is 3. The zero-order valence-corrected chi connectivity index (χ0v) is 25.2. The summed E-state index contributed by atoms with van der Waals surface area (Å²) < 4.78 is 5.77. The molecule has 8 heteroatoms. The Morgan fingerprint density at radius 3 is 2.19 bits per heavy atom. The molecule has 0 fully saturated rings. The van der Waals surface area contributed by atoms with Gasteiger partial charge in [0.25, 0.3) is 5.91 Å². The molecule has 0 unspecified atom stereocenters. The lowest BCUT2D eigenvalue weighted by molar-refractivity contribution is -0.120. The third-order valence-electron chi connectivity index (χ3n) is 8.30. The number of fused-ring (bicyclic) bond motifs is 4. The van der Waals surface area contributed by atoms with Crippen molar-refractivity contribution in [2.45, 2.75) is 44.2 Å². The van der Waals surface area contributed by atoms with Crippen LogP contribution in [0.5, 0.6) is 0 Å². The Morgan fingerprint density at radius 1 is 0.930 bits per heavy atom. The van der Waals surface area contributed by atoms with E-state index >= 15 is 0 Å². The number of rotatable bonds is 6. The van der Waals surface area contributed by atoms with Gasteiger partial charge in [0.05, 0.1) is 12.2 Å². The molecule has 2 aliphatic rings. The van der Waals surface area contributed by atoms with E-state index in [4.69, 9.17) is 10.5 Å². The molecule has 0 bridgehead atoms. The molecular weight excluding hydrogens is 558 g/mol. The average Bonchev–Trinajstić information content (AvgIpc) is 3.24. The van der Waals surface area contributed by atoms with Gasteiger partial charge in [-0.1, -0.05) is 66.2 Å². The quantitative estimate of drug-likeness (QED) is 0.276. The zero-order valence-electron chi connectivity index (χ0n) is 24.3. The second-order valence-corrected chi connectivity index (χ2v) is 12.2. The van der Waals surface area contributed by atoms with E-state index in [9.17, 15) is 14.4 Å². The predicted octanol–water partition coefficient (Wildman–Crippen LogP) is 6.26. The molecular formula is C35H33N3O4S. The number of nitrogens with zero attached hydrogens (tertiary/aromatic N) is 1. The van der Waals surface area contributed by atoms with Crippen LogP contribution in [0.25, 0.3) is 11.1 Å². The van der Waals surface area contributed by atoms with Crippen LogP contribution >= 0.6 is 11.8 Å². The van der Waals surface area contributed by atoms with Gasteiger partial charge in [-0.25, -0.2) is 4.79 Å². The van der Waals surface area contributed by atoms with Crippen LogP contribution < -0.4 is 16.0 Å². The van der Waals surface area contributed by atoms with Gasteiger partial charge in [-0.15, -0.1) is 11.8 Å². The lowest BCUT2D eigenvalue weighted by Gasteiger charge is -2.28. The van der Waals surface area contributed by atoms with Crippen molar-refractivity contribution in [3.8, 4) is 11.1 Å². The molecule has 1 aliphatic heterocycles. The fourth-order valence-electron chi connectivity index (χ4n) is 6.22. The maximum absolute atomic E-state index is 14.1. The highest BCUT2D eigenvalue weighted by atomic mass is 32.2. The summed E-state index contributed by atoms with van der Waals surface area (Å²) in [5.41, 5.74) is 15.3. The Labute approximate surface area is 255 Å². The minimum absolute atomic E-state index is 0.0854. The maximum Gasteiger partial charge on any atom is 0.407 e. The first-order valence-corrected chi connectivity index (χ1v) is 15.3. The molecule has 43 heavy (non-hydrogen) atoms. The normalized spacial score (nSPS) is 15.7. The first kappa shape index (κ1) is 28.6. The summed E-state index contributed by atoms with van der Waals surface area (Å²) in [7, 11) is 0. The van der Waals surface area contributed by atoms with Crippen LogP contribution in [0.15, 0.2) is 83.8 Å².